The lowest BCUT2D eigenvalue weighted by Gasteiger charge is -2.16. The lowest BCUT2D eigenvalue weighted by atomic mass is 10.2. The average Bonchev–Trinajstić information content (AvgIpc) is 3.09. The average molecular weight is 387 g/mol. The molecule has 0 atom stereocenters. The molecule has 0 N–H and O–H groups in total. The van der Waals surface area contributed by atoms with Crippen molar-refractivity contribution < 1.29 is 9.53 Å². The predicted octanol–water partition coefficient (Wildman–Crippen LogP) is 4.58. The van der Waals surface area contributed by atoms with Gasteiger partial charge in [0.2, 0.25) is 5.91 Å². The summed E-state index contributed by atoms with van der Waals surface area (Å²) in [4.78, 5) is 18.6. The van der Waals surface area contributed by atoms with E-state index in [2.05, 4.69) is 4.98 Å². The molecule has 0 aliphatic carbocycles. The van der Waals surface area contributed by atoms with Gasteiger partial charge in [0.1, 0.15) is 17.4 Å². The highest BCUT2D eigenvalue weighted by atomic mass is 35.5. The zero-order valence-electron chi connectivity index (χ0n) is 14.4. The van der Waals surface area contributed by atoms with Crippen LogP contribution in [0.3, 0.4) is 0 Å². The quantitative estimate of drug-likeness (QED) is 0.597. The van der Waals surface area contributed by atoms with Crippen molar-refractivity contribution in [2.75, 3.05) is 7.05 Å². The normalized spacial score (nSPS) is 10.5. The topological polar surface area (TPSA) is 42.4 Å². The van der Waals surface area contributed by atoms with Crippen molar-refractivity contribution in [1.82, 2.24) is 9.88 Å². The van der Waals surface area contributed by atoms with E-state index in [0.29, 0.717) is 24.6 Å². The fraction of sp³-hybridized carbons (Fsp3) is 0.200. The number of carbonyl (C=O) groups is 1. The second-order valence-corrected chi connectivity index (χ2v) is 7.27. The van der Waals surface area contributed by atoms with Gasteiger partial charge in [-0.2, -0.15) is 0 Å². The maximum atomic E-state index is 12.4. The van der Waals surface area contributed by atoms with Crippen molar-refractivity contribution in [2.45, 2.75) is 19.6 Å². The minimum absolute atomic E-state index is 0.0457. The highest BCUT2D eigenvalue weighted by Crippen LogP contribution is 2.18. The van der Waals surface area contributed by atoms with Gasteiger partial charge in [-0.25, -0.2) is 4.98 Å². The van der Waals surface area contributed by atoms with Crippen LogP contribution in [0.2, 0.25) is 5.02 Å². The van der Waals surface area contributed by atoms with Crippen LogP contribution in [0.4, 0.5) is 0 Å². The molecule has 134 valence electrons. The van der Waals surface area contributed by atoms with Gasteiger partial charge >= 0.3 is 0 Å². The lowest BCUT2D eigenvalue weighted by Crippen LogP contribution is -2.27. The van der Waals surface area contributed by atoms with E-state index in [1.54, 1.807) is 17.0 Å². The minimum atomic E-state index is 0.0457. The van der Waals surface area contributed by atoms with Crippen LogP contribution in [0.5, 0.6) is 5.75 Å². The molecule has 26 heavy (non-hydrogen) atoms. The third kappa shape index (κ3) is 5.31. The summed E-state index contributed by atoms with van der Waals surface area (Å²) in [5.74, 6) is 0.786. The van der Waals surface area contributed by atoms with Gasteiger partial charge in [0.05, 0.1) is 12.1 Å². The maximum Gasteiger partial charge on any atom is 0.228 e. The van der Waals surface area contributed by atoms with Gasteiger partial charge in [-0.15, -0.1) is 11.3 Å². The first kappa shape index (κ1) is 18.4. The number of benzene rings is 2. The van der Waals surface area contributed by atoms with E-state index >= 15 is 0 Å². The lowest BCUT2D eigenvalue weighted by molar-refractivity contribution is -0.129. The van der Waals surface area contributed by atoms with Crippen LogP contribution in [0, 0.1) is 0 Å². The molecule has 0 fully saturated rings. The number of likely N-dealkylation sites (N-methyl/N-ethyl adjacent to an activating group) is 1. The van der Waals surface area contributed by atoms with Crippen LogP contribution in [-0.2, 0) is 24.4 Å². The number of carbonyl (C=O) groups excluding carboxylic acids is 1. The second kappa shape index (κ2) is 8.83. The molecular formula is C20H19ClN2O2S. The SMILES string of the molecule is CN(Cc1ccccc1)C(=O)Cc1csc(COc2ccc(Cl)cc2)n1. The molecule has 1 heterocycles. The Morgan fingerprint density at radius 3 is 2.62 bits per heavy atom. The number of aromatic nitrogens is 1. The van der Waals surface area contributed by atoms with Gasteiger partial charge in [0, 0.05) is 24.0 Å². The van der Waals surface area contributed by atoms with Gasteiger partial charge in [-0.1, -0.05) is 41.9 Å². The molecule has 0 unspecified atom stereocenters. The first-order chi connectivity index (χ1) is 12.6. The molecule has 6 heteroatoms. The van der Waals surface area contributed by atoms with Crippen LogP contribution in [-0.4, -0.2) is 22.8 Å². The van der Waals surface area contributed by atoms with Gasteiger partial charge in [-0.3, -0.25) is 4.79 Å². The zero-order chi connectivity index (χ0) is 18.4. The molecule has 1 aromatic heterocycles. The Labute approximate surface area is 162 Å². The molecule has 0 bridgehead atoms. The summed E-state index contributed by atoms with van der Waals surface area (Å²) in [6.07, 6.45) is 0.292. The molecule has 0 aliphatic rings. The molecular weight excluding hydrogens is 368 g/mol. The summed E-state index contributed by atoms with van der Waals surface area (Å²) < 4.78 is 5.69. The van der Waals surface area contributed by atoms with Gasteiger partial charge in [0.25, 0.3) is 0 Å². The van der Waals surface area contributed by atoms with Crippen molar-refractivity contribution in [2.24, 2.45) is 0 Å². The van der Waals surface area contributed by atoms with E-state index in [4.69, 9.17) is 16.3 Å². The number of rotatable bonds is 7. The molecule has 2 aromatic carbocycles. The largest absolute Gasteiger partial charge is 0.486 e. The fourth-order valence-electron chi connectivity index (χ4n) is 2.41. The number of hydrogen-bond donors (Lipinski definition) is 0. The third-order valence-corrected chi connectivity index (χ3v) is 4.92. The highest BCUT2D eigenvalue weighted by Gasteiger charge is 2.13. The van der Waals surface area contributed by atoms with Gasteiger partial charge in [0.15, 0.2) is 0 Å². The standard InChI is InChI=1S/C20H19ClN2O2S/c1-23(12-15-5-3-2-4-6-15)20(24)11-17-14-26-19(22-17)13-25-18-9-7-16(21)8-10-18/h2-10,14H,11-13H2,1H3. The fourth-order valence-corrected chi connectivity index (χ4v) is 3.24. The maximum absolute atomic E-state index is 12.4. The smallest absolute Gasteiger partial charge is 0.228 e. The molecule has 0 aliphatic heterocycles. The Balaban J connectivity index is 1.51. The zero-order valence-corrected chi connectivity index (χ0v) is 16.0. The Morgan fingerprint density at radius 1 is 1.15 bits per heavy atom. The summed E-state index contributed by atoms with van der Waals surface area (Å²) in [6, 6.07) is 17.1. The Kier molecular flexibility index (Phi) is 6.26. The summed E-state index contributed by atoms with van der Waals surface area (Å²) in [5.41, 5.74) is 1.88. The Hall–Kier alpha value is -2.37. The highest BCUT2D eigenvalue weighted by molar-refractivity contribution is 7.09. The van der Waals surface area contributed by atoms with Crippen LogP contribution in [0.25, 0.3) is 0 Å². The molecule has 0 radical (unpaired) electrons. The summed E-state index contributed by atoms with van der Waals surface area (Å²) in [7, 11) is 1.81. The van der Waals surface area contributed by atoms with E-state index in [9.17, 15) is 4.79 Å². The Morgan fingerprint density at radius 2 is 1.88 bits per heavy atom. The van der Waals surface area contributed by atoms with Crippen molar-refractivity contribution >= 4 is 28.8 Å². The molecule has 0 spiro atoms. The first-order valence-corrected chi connectivity index (χ1v) is 9.45. The van der Waals surface area contributed by atoms with Crippen molar-refractivity contribution in [3.05, 3.63) is 81.3 Å². The number of ether oxygens (including phenoxy) is 1. The van der Waals surface area contributed by atoms with E-state index in [1.165, 1.54) is 11.3 Å². The third-order valence-electron chi connectivity index (χ3n) is 3.80. The number of halogens is 1. The molecule has 3 aromatic rings. The van der Waals surface area contributed by atoms with Crippen molar-refractivity contribution in [3.8, 4) is 5.75 Å². The van der Waals surface area contributed by atoms with Crippen molar-refractivity contribution in [1.29, 1.82) is 0 Å². The predicted molar refractivity (Wildman–Crippen MR) is 105 cm³/mol. The Bertz CT molecular complexity index is 850. The van der Waals surface area contributed by atoms with Crippen LogP contribution in [0.1, 0.15) is 16.3 Å². The van der Waals surface area contributed by atoms with Crippen LogP contribution in [0.15, 0.2) is 60.0 Å². The molecule has 3 rings (SSSR count). The van der Waals surface area contributed by atoms with Crippen LogP contribution < -0.4 is 4.74 Å². The van der Waals surface area contributed by atoms with E-state index in [1.807, 2.05) is 54.9 Å². The van der Waals surface area contributed by atoms with E-state index < -0.39 is 0 Å². The molecule has 0 saturated heterocycles. The second-order valence-electron chi connectivity index (χ2n) is 5.89. The van der Waals surface area contributed by atoms with E-state index in [0.717, 1.165) is 22.0 Å². The van der Waals surface area contributed by atoms with Gasteiger partial charge < -0.3 is 9.64 Å². The molecule has 0 saturated carbocycles. The summed E-state index contributed by atoms with van der Waals surface area (Å²) in [6.45, 7) is 0.969. The number of nitrogens with zero attached hydrogens (tertiary/aromatic N) is 2. The number of thiazole rings is 1. The summed E-state index contributed by atoms with van der Waals surface area (Å²) in [5, 5.41) is 3.43. The van der Waals surface area contributed by atoms with E-state index in [-0.39, 0.29) is 5.91 Å². The summed E-state index contributed by atoms with van der Waals surface area (Å²) >= 11 is 7.35. The van der Waals surface area contributed by atoms with Gasteiger partial charge in [-0.05, 0) is 29.8 Å². The first-order valence-electron chi connectivity index (χ1n) is 8.19. The van der Waals surface area contributed by atoms with Crippen LogP contribution >= 0.6 is 22.9 Å². The van der Waals surface area contributed by atoms with Crippen molar-refractivity contribution in [3.63, 3.8) is 0 Å². The number of hydrogen-bond acceptors (Lipinski definition) is 4. The monoisotopic (exact) mass is 386 g/mol. The molecule has 1 amide bonds. The molecule has 4 nitrogen and oxygen atoms in total. The number of amides is 1. The minimum Gasteiger partial charge on any atom is -0.486 e.